The lowest BCUT2D eigenvalue weighted by atomic mass is 9.94. The number of hydrogen-bond donors (Lipinski definition) is 0. The Kier molecular flexibility index (Phi) is 13.2. The number of benzene rings is 6. The Morgan fingerprint density at radius 2 is 1.39 bits per heavy atom. The summed E-state index contributed by atoms with van der Waals surface area (Å²) < 4.78 is 6.36. The second-order valence-electron chi connectivity index (χ2n) is 17.0. The first kappa shape index (κ1) is 44.3. The second-order valence-corrected chi connectivity index (χ2v) is 18.1. The van der Waals surface area contributed by atoms with E-state index in [-0.39, 0.29) is 0 Å². The molecule has 3 aromatic heterocycles. The fourth-order valence-corrected chi connectivity index (χ4v) is 11.1. The van der Waals surface area contributed by atoms with Gasteiger partial charge in [0.1, 0.15) is 0 Å². The highest BCUT2D eigenvalue weighted by Crippen LogP contribution is 2.49. The van der Waals surface area contributed by atoms with E-state index in [9.17, 15) is 0 Å². The van der Waals surface area contributed by atoms with Crippen molar-refractivity contribution in [1.82, 2.24) is 9.13 Å². The van der Waals surface area contributed by atoms with Crippen LogP contribution < -0.4 is 0 Å². The highest BCUT2D eigenvalue weighted by molar-refractivity contribution is 7.19. The zero-order valence-electron chi connectivity index (χ0n) is 39.4. The van der Waals surface area contributed by atoms with Gasteiger partial charge in [0.2, 0.25) is 0 Å². The summed E-state index contributed by atoms with van der Waals surface area (Å²) in [4.78, 5) is 1.49. The quantitative estimate of drug-likeness (QED) is 0.135. The monoisotopic (exact) mass is 876 g/mol. The number of hydrogen-bond acceptors (Lipinski definition) is 1. The molecule has 0 saturated carbocycles. The molecule has 9 aromatic rings. The molecule has 0 N–H and O–H groups in total. The van der Waals surface area contributed by atoms with E-state index in [0.717, 1.165) is 37.7 Å². The van der Waals surface area contributed by atoms with Crippen LogP contribution in [0.15, 0.2) is 188 Å². The second kappa shape index (κ2) is 19.7. The van der Waals surface area contributed by atoms with Gasteiger partial charge in [0, 0.05) is 47.9 Å². The molecule has 0 saturated heterocycles. The predicted molar refractivity (Wildman–Crippen MR) is 294 cm³/mol. The lowest BCUT2D eigenvalue weighted by molar-refractivity contribution is 1.02. The molecule has 2 nitrogen and oxygen atoms in total. The van der Waals surface area contributed by atoms with Gasteiger partial charge in [0.25, 0.3) is 0 Å². The summed E-state index contributed by atoms with van der Waals surface area (Å²) in [6, 6.07) is 45.7. The van der Waals surface area contributed by atoms with Crippen LogP contribution in [0.5, 0.6) is 0 Å². The average molecular weight is 877 g/mol. The fourth-order valence-electron chi connectivity index (χ4n) is 9.84. The van der Waals surface area contributed by atoms with Gasteiger partial charge in [-0.2, -0.15) is 0 Å². The first-order chi connectivity index (χ1) is 32.5. The summed E-state index contributed by atoms with van der Waals surface area (Å²) in [6.45, 7) is 16.0. The smallest absolute Gasteiger partial charge is 0.0640 e. The lowest BCUT2D eigenvalue weighted by Gasteiger charge is -2.14. The topological polar surface area (TPSA) is 9.86 Å². The molecule has 0 bridgehead atoms. The minimum atomic E-state index is 1.09. The molecule has 2 aliphatic carbocycles. The van der Waals surface area contributed by atoms with Crippen molar-refractivity contribution in [2.75, 3.05) is 0 Å². The van der Waals surface area contributed by atoms with Crippen LogP contribution >= 0.6 is 11.3 Å². The van der Waals surface area contributed by atoms with Crippen molar-refractivity contribution in [1.29, 1.82) is 0 Å². The molecule has 0 fully saturated rings. The van der Waals surface area contributed by atoms with Crippen molar-refractivity contribution in [3.63, 3.8) is 0 Å². The third-order valence-electron chi connectivity index (χ3n) is 12.7. The van der Waals surface area contributed by atoms with Crippen molar-refractivity contribution in [3.8, 4) is 22.5 Å². The van der Waals surface area contributed by atoms with Crippen LogP contribution in [-0.2, 0) is 6.42 Å². The third-order valence-corrected chi connectivity index (χ3v) is 13.9. The molecule has 11 rings (SSSR count). The van der Waals surface area contributed by atoms with E-state index in [4.69, 9.17) is 0 Å². The Morgan fingerprint density at radius 3 is 2.12 bits per heavy atom. The van der Waals surface area contributed by atoms with Crippen molar-refractivity contribution in [2.24, 2.45) is 0 Å². The van der Waals surface area contributed by atoms with Gasteiger partial charge in [-0.25, -0.2) is 0 Å². The Labute approximate surface area is 395 Å². The number of rotatable bonds is 8. The van der Waals surface area contributed by atoms with Gasteiger partial charge in [-0.05, 0) is 146 Å². The van der Waals surface area contributed by atoms with Gasteiger partial charge in [-0.1, -0.05) is 160 Å². The van der Waals surface area contributed by atoms with Gasteiger partial charge in [-0.15, -0.1) is 11.3 Å². The summed E-state index contributed by atoms with van der Waals surface area (Å²) in [5.74, 6) is 0. The zero-order chi connectivity index (χ0) is 45.7. The summed E-state index contributed by atoms with van der Waals surface area (Å²) in [6.07, 6.45) is 27.8. The molecule has 3 heterocycles. The molecular formula is C63H60N2S. The molecule has 2 aliphatic rings. The van der Waals surface area contributed by atoms with Crippen molar-refractivity contribution in [2.45, 2.75) is 73.6 Å². The Balaban J connectivity index is 0.000000560. The van der Waals surface area contributed by atoms with Crippen LogP contribution in [0.2, 0.25) is 0 Å². The summed E-state index contributed by atoms with van der Waals surface area (Å²) in [5.41, 5.74) is 17.4. The lowest BCUT2D eigenvalue weighted by Crippen LogP contribution is -1.97. The third kappa shape index (κ3) is 8.18. The molecule has 0 unspecified atom stereocenters. The molecule has 0 aliphatic heterocycles. The summed E-state index contributed by atoms with van der Waals surface area (Å²) in [7, 11) is 0. The van der Waals surface area contributed by atoms with E-state index < -0.39 is 0 Å². The molecule has 0 amide bonds. The maximum atomic E-state index is 3.71. The Morgan fingerprint density at radius 1 is 0.667 bits per heavy atom. The Bertz CT molecular complexity index is 3470. The van der Waals surface area contributed by atoms with Crippen molar-refractivity contribution < 1.29 is 0 Å². The minimum Gasteiger partial charge on any atom is -0.309 e. The summed E-state index contributed by atoms with van der Waals surface area (Å²) >= 11 is 1.98. The number of fused-ring (bicyclic) bond motifs is 10. The van der Waals surface area contributed by atoms with Crippen LogP contribution in [0.3, 0.4) is 0 Å². The van der Waals surface area contributed by atoms with Gasteiger partial charge < -0.3 is 9.13 Å². The Hall–Kier alpha value is -6.94. The largest absolute Gasteiger partial charge is 0.309 e. The molecule has 66 heavy (non-hydrogen) atoms. The normalized spacial score (nSPS) is 13.7. The predicted octanol–water partition coefficient (Wildman–Crippen LogP) is 19.0. The molecule has 0 atom stereocenters. The number of thiophene rings is 1. The number of nitrogens with zero attached hydrogens (tertiary/aromatic N) is 2. The SMILES string of the molecule is C/C=C\C(=C/C)c1cccc(-n2c3ccccc3c3cc(-c4cc5sc6c(c5c5c4c4ccccc4n5-c4cccc(C5=CCCC=C5)c4)C=CCC6)ccc32)c1.C=C(C)/C=C\CC.CC. The maximum absolute atomic E-state index is 3.71. The van der Waals surface area contributed by atoms with Gasteiger partial charge >= 0.3 is 0 Å². The number of para-hydroxylation sites is 2. The highest BCUT2D eigenvalue weighted by Gasteiger charge is 2.25. The molecule has 0 spiro atoms. The van der Waals surface area contributed by atoms with Crippen LogP contribution in [-0.4, -0.2) is 9.13 Å². The average Bonchev–Trinajstić information content (AvgIpc) is 4.03. The van der Waals surface area contributed by atoms with E-state index in [1.165, 1.54) is 109 Å². The first-order valence-corrected chi connectivity index (χ1v) is 24.7. The van der Waals surface area contributed by atoms with Crippen molar-refractivity contribution in [3.05, 3.63) is 210 Å². The van der Waals surface area contributed by atoms with E-state index in [2.05, 4.69) is 212 Å². The van der Waals surface area contributed by atoms with Crippen LogP contribution in [0.4, 0.5) is 0 Å². The molecular weight excluding hydrogens is 817 g/mol. The minimum absolute atomic E-state index is 1.09. The van der Waals surface area contributed by atoms with Crippen LogP contribution in [0, 0.1) is 0 Å². The van der Waals surface area contributed by atoms with Crippen LogP contribution in [0.25, 0.3) is 93.4 Å². The molecule has 0 radical (unpaired) electrons. The number of aryl methyl sites for hydroxylation is 1. The van der Waals surface area contributed by atoms with E-state index in [0.29, 0.717) is 0 Å². The fraction of sp³-hybridized carbons (Fsp3) is 0.175. The van der Waals surface area contributed by atoms with Gasteiger partial charge in [-0.3, -0.25) is 0 Å². The maximum Gasteiger partial charge on any atom is 0.0640 e. The molecule has 328 valence electrons. The van der Waals surface area contributed by atoms with E-state index >= 15 is 0 Å². The molecule has 6 aromatic carbocycles. The van der Waals surface area contributed by atoms with Crippen molar-refractivity contribution >= 4 is 82.3 Å². The van der Waals surface area contributed by atoms with Gasteiger partial charge in [0.15, 0.2) is 0 Å². The van der Waals surface area contributed by atoms with Crippen LogP contribution in [0.1, 0.15) is 88.8 Å². The first-order valence-electron chi connectivity index (χ1n) is 23.9. The number of allylic oxidation sites excluding steroid dienone is 12. The summed E-state index contributed by atoms with van der Waals surface area (Å²) in [5, 5.41) is 6.50. The van der Waals surface area contributed by atoms with Gasteiger partial charge in [0.05, 0.1) is 22.1 Å². The van der Waals surface area contributed by atoms with E-state index in [1.807, 2.05) is 38.2 Å². The highest BCUT2D eigenvalue weighted by atomic mass is 32.1. The standard InChI is InChI=1S/C54H42N2S.C7H12.C2H6/c1-3-16-35(4-2)37-19-14-21-40(31-37)55-47-26-11-8-23-42(47)46-33-39(29-30-49(46)55)45-34-51-53(44-25-10-13-28-50(44)57-51)54-52(45)43-24-9-12-27-48(43)56(54)41-22-15-20-38(32-41)36-17-6-5-7-18-36;1-4-5-6-7(2)3;1-2/h3-4,6,8-12,14-27,29-34H,5,7,13,28H2,1-2H3;5-6H,2,4H2,1,3H3;1-2H3/b16-3-,35-4+;6-5-;. The zero-order valence-corrected chi connectivity index (χ0v) is 40.2. The number of aromatic nitrogens is 2. The molecule has 3 heteroatoms. The van der Waals surface area contributed by atoms with E-state index in [1.54, 1.807) is 0 Å².